The number of hydrogen-bond donors (Lipinski definition) is 1. The van der Waals surface area contributed by atoms with Crippen molar-refractivity contribution < 1.29 is 0 Å². The minimum atomic E-state index is 0.691. The van der Waals surface area contributed by atoms with Crippen molar-refractivity contribution in [2.24, 2.45) is 5.92 Å². The number of nitrogens with one attached hydrogen (secondary N) is 1. The molecule has 1 N–H and O–H groups in total. The Morgan fingerprint density at radius 1 is 1.26 bits per heavy atom. The van der Waals surface area contributed by atoms with Gasteiger partial charge >= 0.3 is 0 Å². The maximum absolute atomic E-state index is 3.70. The first-order valence-electron chi connectivity index (χ1n) is 7.94. The van der Waals surface area contributed by atoms with E-state index in [1.807, 2.05) is 0 Å². The first-order valence-corrected chi connectivity index (χ1v) is 7.94. The summed E-state index contributed by atoms with van der Waals surface area (Å²) in [4.78, 5) is 2.63. The van der Waals surface area contributed by atoms with Gasteiger partial charge in [-0.25, -0.2) is 0 Å². The lowest BCUT2D eigenvalue weighted by Gasteiger charge is -2.30. The zero-order valence-electron chi connectivity index (χ0n) is 12.1. The molecule has 0 saturated heterocycles. The van der Waals surface area contributed by atoms with Crippen LogP contribution < -0.4 is 10.2 Å². The van der Waals surface area contributed by atoms with Crippen LogP contribution in [0, 0.1) is 5.92 Å². The molecule has 1 atom stereocenters. The first-order chi connectivity index (χ1) is 9.38. The van der Waals surface area contributed by atoms with E-state index >= 15 is 0 Å². The van der Waals surface area contributed by atoms with Gasteiger partial charge in [0.25, 0.3) is 0 Å². The van der Waals surface area contributed by atoms with E-state index in [0.29, 0.717) is 6.04 Å². The Balaban J connectivity index is 1.75. The van der Waals surface area contributed by atoms with Crippen LogP contribution >= 0.6 is 0 Å². The standard InChI is InChI=1S/C17H26N2/c1-2-18-16(14-10-11-14)13-19-12-6-5-8-15-7-3-4-9-17(15)19/h3-4,7,9,14,16,18H,2,5-6,8,10-13H2,1H3. The van der Waals surface area contributed by atoms with Crippen molar-refractivity contribution in [3.8, 4) is 0 Å². The molecule has 19 heavy (non-hydrogen) atoms. The third kappa shape index (κ3) is 3.11. The van der Waals surface area contributed by atoms with Crippen LogP contribution in [-0.4, -0.2) is 25.7 Å². The molecule has 0 radical (unpaired) electrons. The molecule has 1 saturated carbocycles. The normalized spacial score (nSPS) is 20.8. The molecule has 1 aromatic carbocycles. The molecule has 104 valence electrons. The summed E-state index contributed by atoms with van der Waals surface area (Å²) >= 11 is 0. The van der Waals surface area contributed by atoms with Crippen molar-refractivity contribution in [3.63, 3.8) is 0 Å². The molecule has 2 aliphatic rings. The van der Waals surface area contributed by atoms with Crippen molar-refractivity contribution in [3.05, 3.63) is 29.8 Å². The summed E-state index contributed by atoms with van der Waals surface area (Å²) < 4.78 is 0. The Morgan fingerprint density at radius 2 is 2.11 bits per heavy atom. The number of anilines is 1. The summed E-state index contributed by atoms with van der Waals surface area (Å²) in [5.74, 6) is 0.926. The predicted molar refractivity (Wildman–Crippen MR) is 81.8 cm³/mol. The Bertz CT molecular complexity index is 411. The highest BCUT2D eigenvalue weighted by Crippen LogP contribution is 2.34. The van der Waals surface area contributed by atoms with E-state index in [1.165, 1.54) is 50.9 Å². The van der Waals surface area contributed by atoms with Crippen LogP contribution in [0.5, 0.6) is 0 Å². The Labute approximate surface area is 117 Å². The molecule has 2 heteroatoms. The number of aryl methyl sites for hydroxylation is 1. The van der Waals surface area contributed by atoms with E-state index < -0.39 is 0 Å². The molecule has 0 amide bonds. The lowest BCUT2D eigenvalue weighted by Crippen LogP contribution is -2.43. The third-order valence-corrected chi connectivity index (χ3v) is 4.53. The lowest BCUT2D eigenvalue weighted by atomic mass is 10.1. The van der Waals surface area contributed by atoms with Gasteiger partial charge < -0.3 is 10.2 Å². The molecule has 1 heterocycles. The fourth-order valence-corrected chi connectivity index (χ4v) is 3.34. The van der Waals surface area contributed by atoms with Crippen molar-refractivity contribution in [2.75, 3.05) is 24.5 Å². The van der Waals surface area contributed by atoms with Crippen LogP contribution in [0.15, 0.2) is 24.3 Å². The van der Waals surface area contributed by atoms with Gasteiger partial charge in [-0.1, -0.05) is 25.1 Å². The molecule has 0 bridgehead atoms. The highest BCUT2D eigenvalue weighted by atomic mass is 15.2. The first kappa shape index (κ1) is 13.0. The second-order valence-corrected chi connectivity index (χ2v) is 6.03. The minimum Gasteiger partial charge on any atom is -0.370 e. The monoisotopic (exact) mass is 258 g/mol. The summed E-state index contributed by atoms with van der Waals surface area (Å²) in [5, 5.41) is 3.70. The van der Waals surface area contributed by atoms with Crippen molar-refractivity contribution in [1.29, 1.82) is 0 Å². The zero-order valence-corrected chi connectivity index (χ0v) is 12.1. The van der Waals surface area contributed by atoms with Crippen LogP contribution in [-0.2, 0) is 6.42 Å². The Morgan fingerprint density at radius 3 is 2.89 bits per heavy atom. The van der Waals surface area contributed by atoms with E-state index in [2.05, 4.69) is 41.4 Å². The molecule has 3 rings (SSSR count). The number of para-hydroxylation sites is 1. The molecule has 1 aliphatic heterocycles. The fraction of sp³-hybridized carbons (Fsp3) is 0.647. The molecule has 0 aromatic heterocycles. The van der Waals surface area contributed by atoms with Crippen molar-refractivity contribution >= 4 is 5.69 Å². The zero-order chi connectivity index (χ0) is 13.1. The molecule has 1 fully saturated rings. The van der Waals surface area contributed by atoms with Crippen LogP contribution in [0.1, 0.15) is 38.2 Å². The van der Waals surface area contributed by atoms with E-state index in [1.54, 1.807) is 5.56 Å². The van der Waals surface area contributed by atoms with Crippen LogP contribution in [0.3, 0.4) is 0 Å². The maximum atomic E-state index is 3.70. The van der Waals surface area contributed by atoms with Gasteiger partial charge in [0.2, 0.25) is 0 Å². The molecule has 0 spiro atoms. The third-order valence-electron chi connectivity index (χ3n) is 4.53. The smallest absolute Gasteiger partial charge is 0.0399 e. The van der Waals surface area contributed by atoms with Gasteiger partial charge in [-0.05, 0) is 56.2 Å². The Kier molecular flexibility index (Phi) is 4.07. The van der Waals surface area contributed by atoms with E-state index in [4.69, 9.17) is 0 Å². The van der Waals surface area contributed by atoms with E-state index in [0.717, 1.165) is 12.5 Å². The second kappa shape index (κ2) is 5.96. The van der Waals surface area contributed by atoms with Gasteiger partial charge in [0.15, 0.2) is 0 Å². The molecule has 2 nitrogen and oxygen atoms in total. The summed E-state index contributed by atoms with van der Waals surface area (Å²) in [7, 11) is 0. The summed E-state index contributed by atoms with van der Waals surface area (Å²) in [6.45, 7) is 5.74. The van der Waals surface area contributed by atoms with Crippen molar-refractivity contribution in [2.45, 2.75) is 45.1 Å². The number of rotatable bonds is 5. The average Bonchev–Trinajstić information content (AvgIpc) is 3.26. The van der Waals surface area contributed by atoms with Crippen molar-refractivity contribution in [1.82, 2.24) is 5.32 Å². The van der Waals surface area contributed by atoms with Gasteiger partial charge in [0, 0.05) is 24.8 Å². The van der Waals surface area contributed by atoms with Gasteiger partial charge in [-0.3, -0.25) is 0 Å². The number of likely N-dealkylation sites (N-methyl/N-ethyl adjacent to an activating group) is 1. The van der Waals surface area contributed by atoms with Crippen LogP contribution in [0.4, 0.5) is 5.69 Å². The number of fused-ring (bicyclic) bond motifs is 1. The van der Waals surface area contributed by atoms with Gasteiger partial charge in [0.1, 0.15) is 0 Å². The summed E-state index contributed by atoms with van der Waals surface area (Å²) in [6, 6.07) is 9.70. The number of nitrogens with zero attached hydrogens (tertiary/aromatic N) is 1. The van der Waals surface area contributed by atoms with Gasteiger partial charge in [0.05, 0.1) is 0 Å². The van der Waals surface area contributed by atoms with E-state index in [-0.39, 0.29) is 0 Å². The summed E-state index contributed by atoms with van der Waals surface area (Å²) in [5.41, 5.74) is 3.04. The predicted octanol–water partition coefficient (Wildman–Crippen LogP) is 3.22. The van der Waals surface area contributed by atoms with Gasteiger partial charge in [-0.2, -0.15) is 0 Å². The topological polar surface area (TPSA) is 15.3 Å². The quantitative estimate of drug-likeness (QED) is 0.872. The number of benzene rings is 1. The van der Waals surface area contributed by atoms with Crippen LogP contribution in [0.2, 0.25) is 0 Å². The van der Waals surface area contributed by atoms with Crippen LogP contribution in [0.25, 0.3) is 0 Å². The highest BCUT2D eigenvalue weighted by molar-refractivity contribution is 5.54. The fourth-order valence-electron chi connectivity index (χ4n) is 3.34. The molecular formula is C17H26N2. The van der Waals surface area contributed by atoms with E-state index in [9.17, 15) is 0 Å². The minimum absolute atomic E-state index is 0.691. The second-order valence-electron chi connectivity index (χ2n) is 6.03. The molecular weight excluding hydrogens is 232 g/mol. The average molecular weight is 258 g/mol. The lowest BCUT2D eigenvalue weighted by molar-refractivity contribution is 0.466. The largest absolute Gasteiger partial charge is 0.370 e. The molecule has 1 unspecified atom stereocenters. The number of hydrogen-bond acceptors (Lipinski definition) is 2. The van der Waals surface area contributed by atoms with Gasteiger partial charge in [-0.15, -0.1) is 0 Å². The molecule has 1 aromatic rings. The Hall–Kier alpha value is -1.02. The summed E-state index contributed by atoms with van der Waals surface area (Å²) in [6.07, 6.45) is 6.77. The SMILES string of the molecule is CCNC(CN1CCCCc2ccccc21)C1CC1. The molecule has 1 aliphatic carbocycles. The maximum Gasteiger partial charge on any atom is 0.0399 e. The highest BCUT2D eigenvalue weighted by Gasteiger charge is 2.32.